The Hall–Kier alpha value is -0.110. The maximum atomic E-state index is 12.2. The molecule has 0 radical (unpaired) electrons. The zero-order chi connectivity index (χ0) is 33.5. The van der Waals surface area contributed by atoms with E-state index in [1.807, 2.05) is 0 Å². The van der Waals surface area contributed by atoms with Crippen molar-refractivity contribution in [3.05, 3.63) is 0 Å². The molecular weight excluding hydrogens is 563 g/mol. The molecule has 0 saturated heterocycles. The maximum Gasteiger partial charge on any atom is 0.0894 e. The van der Waals surface area contributed by atoms with E-state index in [2.05, 4.69) is 20.8 Å². The summed E-state index contributed by atoms with van der Waals surface area (Å²) in [6, 6.07) is 0. The molecule has 0 saturated carbocycles. The average molecular weight is 653 g/mol. The van der Waals surface area contributed by atoms with Gasteiger partial charge in [0.1, 0.15) is 0 Å². The summed E-state index contributed by atoms with van der Waals surface area (Å²) in [6.07, 6.45) is 50.8. The number of unbranched alkanes of at least 4 members (excludes halogenated alkanes) is 31. The molecule has 0 amide bonds. The van der Waals surface area contributed by atoms with E-state index in [0.29, 0.717) is 5.41 Å². The minimum atomic E-state index is -0.144. The number of halogens is 1. The largest absolute Gasteiger partial charge is 0.381 e. The van der Waals surface area contributed by atoms with Crippen molar-refractivity contribution in [1.82, 2.24) is 0 Å². The lowest BCUT2D eigenvalue weighted by Crippen LogP contribution is -2.27. The van der Waals surface area contributed by atoms with Crippen LogP contribution in [0.3, 0.4) is 0 Å². The van der Waals surface area contributed by atoms with Gasteiger partial charge in [-0.2, -0.15) is 0 Å². The third-order valence-electron chi connectivity index (χ3n) is 11.0. The summed E-state index contributed by atoms with van der Waals surface area (Å²) in [7, 11) is 0. The third-order valence-corrected chi connectivity index (χ3v) is 11.0. The van der Waals surface area contributed by atoms with Crippen LogP contribution in [0, 0.1) is 5.41 Å². The third kappa shape index (κ3) is 33.8. The van der Waals surface area contributed by atoms with Crippen molar-refractivity contribution in [2.75, 3.05) is 19.9 Å². The molecule has 2 heteroatoms. The molecule has 0 bridgehead atoms. The molecule has 0 aliphatic carbocycles. The Kier molecular flexibility index (Phi) is 39.2. The van der Waals surface area contributed by atoms with Gasteiger partial charge in [-0.3, -0.25) is 4.39 Å². The van der Waals surface area contributed by atoms with Crippen LogP contribution in [0.5, 0.6) is 0 Å². The zero-order valence-corrected chi connectivity index (χ0v) is 32.6. The topological polar surface area (TPSA) is 9.23 Å². The summed E-state index contributed by atoms with van der Waals surface area (Å²) < 4.78 is 18.7. The van der Waals surface area contributed by atoms with Gasteiger partial charge in [0, 0.05) is 6.61 Å². The van der Waals surface area contributed by atoms with Crippen molar-refractivity contribution >= 4 is 0 Å². The lowest BCUT2D eigenvalue weighted by molar-refractivity contribution is 0.0245. The van der Waals surface area contributed by atoms with Gasteiger partial charge in [-0.15, -0.1) is 0 Å². The van der Waals surface area contributed by atoms with Gasteiger partial charge >= 0.3 is 0 Å². The van der Waals surface area contributed by atoms with Gasteiger partial charge in [0.05, 0.1) is 13.3 Å². The standard InChI is InChI=1S/C44H89FO/c1-4-7-9-11-13-15-17-19-21-23-27-31-35-39-44(6-3,43-46-42-38-34-30-26-25-29-33-37-41-45)40-36-32-28-24-22-20-18-16-14-12-10-8-5-2/h4-43H2,1-3H3. The van der Waals surface area contributed by atoms with Gasteiger partial charge in [0.2, 0.25) is 0 Å². The van der Waals surface area contributed by atoms with Crippen LogP contribution in [0.25, 0.3) is 0 Å². The van der Waals surface area contributed by atoms with E-state index in [-0.39, 0.29) is 6.67 Å². The molecule has 46 heavy (non-hydrogen) atoms. The molecule has 0 atom stereocenters. The number of rotatable bonds is 41. The highest BCUT2D eigenvalue weighted by atomic mass is 19.1. The maximum absolute atomic E-state index is 12.2. The number of hydrogen-bond acceptors (Lipinski definition) is 1. The first kappa shape index (κ1) is 45.9. The van der Waals surface area contributed by atoms with E-state index in [0.717, 1.165) is 26.1 Å². The minimum Gasteiger partial charge on any atom is -0.381 e. The smallest absolute Gasteiger partial charge is 0.0894 e. The average Bonchev–Trinajstić information content (AvgIpc) is 3.07. The molecule has 278 valence electrons. The highest BCUT2D eigenvalue weighted by Crippen LogP contribution is 2.36. The fourth-order valence-electron chi connectivity index (χ4n) is 7.41. The summed E-state index contributed by atoms with van der Waals surface area (Å²) in [5, 5.41) is 0. The second-order valence-corrected chi connectivity index (χ2v) is 15.4. The second-order valence-electron chi connectivity index (χ2n) is 15.4. The summed E-state index contributed by atoms with van der Waals surface area (Å²) in [6.45, 7) is 8.85. The van der Waals surface area contributed by atoms with Gasteiger partial charge < -0.3 is 4.74 Å². The van der Waals surface area contributed by atoms with Gasteiger partial charge in [0.25, 0.3) is 0 Å². The van der Waals surface area contributed by atoms with Crippen LogP contribution in [-0.4, -0.2) is 19.9 Å². The van der Waals surface area contributed by atoms with Gasteiger partial charge in [-0.05, 0) is 37.5 Å². The van der Waals surface area contributed by atoms with Crippen LogP contribution in [0.15, 0.2) is 0 Å². The first-order chi connectivity index (χ1) is 22.7. The quantitative estimate of drug-likeness (QED) is 0.0597. The molecule has 0 aliphatic rings. The van der Waals surface area contributed by atoms with Crippen molar-refractivity contribution in [3.8, 4) is 0 Å². The highest BCUT2D eigenvalue weighted by Gasteiger charge is 2.27. The molecule has 0 fully saturated rings. The van der Waals surface area contributed by atoms with Gasteiger partial charge in [-0.25, -0.2) is 0 Å². The molecule has 0 aromatic heterocycles. The van der Waals surface area contributed by atoms with E-state index in [1.54, 1.807) is 0 Å². The van der Waals surface area contributed by atoms with Crippen LogP contribution in [0.1, 0.15) is 258 Å². The Labute approximate surface area is 292 Å². The van der Waals surface area contributed by atoms with E-state index < -0.39 is 0 Å². The number of alkyl halides is 1. The molecule has 0 rings (SSSR count). The normalized spacial score (nSPS) is 12.0. The fraction of sp³-hybridized carbons (Fsp3) is 1.00. The summed E-state index contributed by atoms with van der Waals surface area (Å²) >= 11 is 0. The zero-order valence-electron chi connectivity index (χ0n) is 32.6. The molecule has 0 spiro atoms. The molecule has 1 nitrogen and oxygen atoms in total. The van der Waals surface area contributed by atoms with E-state index in [1.165, 1.54) is 225 Å². The van der Waals surface area contributed by atoms with Crippen molar-refractivity contribution in [2.45, 2.75) is 258 Å². The minimum absolute atomic E-state index is 0.144. The molecule has 0 aliphatic heterocycles. The van der Waals surface area contributed by atoms with Gasteiger partial charge in [-0.1, -0.05) is 226 Å². The van der Waals surface area contributed by atoms with E-state index >= 15 is 0 Å². The molecule has 0 unspecified atom stereocenters. The molecule has 0 aromatic carbocycles. The summed E-state index contributed by atoms with van der Waals surface area (Å²) in [5.41, 5.74) is 0.409. The predicted octanol–water partition coefficient (Wildman–Crippen LogP) is 16.5. The van der Waals surface area contributed by atoms with E-state index in [9.17, 15) is 4.39 Å². The Morgan fingerprint density at radius 2 is 0.630 bits per heavy atom. The first-order valence-electron chi connectivity index (χ1n) is 21.9. The monoisotopic (exact) mass is 653 g/mol. The van der Waals surface area contributed by atoms with Crippen LogP contribution in [-0.2, 0) is 4.74 Å². The van der Waals surface area contributed by atoms with Crippen molar-refractivity contribution in [2.24, 2.45) is 5.41 Å². The molecule has 0 heterocycles. The predicted molar refractivity (Wildman–Crippen MR) is 207 cm³/mol. The van der Waals surface area contributed by atoms with Crippen LogP contribution in [0.4, 0.5) is 4.39 Å². The number of hydrogen-bond donors (Lipinski definition) is 0. The van der Waals surface area contributed by atoms with Gasteiger partial charge in [0.15, 0.2) is 0 Å². The molecular formula is C44H89FO. The first-order valence-corrected chi connectivity index (χ1v) is 21.9. The number of ether oxygens (including phenoxy) is 1. The highest BCUT2D eigenvalue weighted by molar-refractivity contribution is 4.78. The molecule has 0 aromatic rings. The Bertz CT molecular complexity index is 504. The lowest BCUT2D eigenvalue weighted by Gasteiger charge is -2.33. The van der Waals surface area contributed by atoms with E-state index in [4.69, 9.17) is 4.74 Å². The summed E-state index contributed by atoms with van der Waals surface area (Å²) in [4.78, 5) is 0. The second kappa shape index (κ2) is 39.3. The van der Waals surface area contributed by atoms with Crippen LogP contribution >= 0.6 is 0 Å². The van der Waals surface area contributed by atoms with Crippen LogP contribution < -0.4 is 0 Å². The van der Waals surface area contributed by atoms with Crippen LogP contribution in [0.2, 0.25) is 0 Å². The van der Waals surface area contributed by atoms with Crippen molar-refractivity contribution < 1.29 is 9.13 Å². The lowest BCUT2D eigenvalue weighted by atomic mass is 9.76. The SMILES string of the molecule is CCCCCCCCCCCCCCCC(CC)(CCCCCCCCCCCCCCC)COCCCCCCCCCCF. The fourth-order valence-corrected chi connectivity index (χ4v) is 7.41. The van der Waals surface area contributed by atoms with Crippen molar-refractivity contribution in [1.29, 1.82) is 0 Å². The Balaban J connectivity index is 4.20. The van der Waals surface area contributed by atoms with Crippen molar-refractivity contribution in [3.63, 3.8) is 0 Å². The Morgan fingerprint density at radius 3 is 0.935 bits per heavy atom. The summed E-state index contributed by atoms with van der Waals surface area (Å²) in [5.74, 6) is 0. The molecule has 0 N–H and O–H groups in total. The Morgan fingerprint density at radius 1 is 0.348 bits per heavy atom.